The molecule has 4 aromatic rings. The lowest BCUT2D eigenvalue weighted by Gasteiger charge is -2.26. The first-order valence-corrected chi connectivity index (χ1v) is 13.6. The minimum absolute atomic E-state index is 0.105. The molecule has 2 aromatic heterocycles. The molecule has 2 aromatic carbocycles. The lowest BCUT2D eigenvalue weighted by Crippen LogP contribution is -2.36. The van der Waals surface area contributed by atoms with Gasteiger partial charge in [-0.2, -0.15) is 5.10 Å². The Labute approximate surface area is 223 Å². The molecule has 194 valence electrons. The number of benzene rings is 2. The van der Waals surface area contributed by atoms with Gasteiger partial charge in [0.25, 0.3) is 0 Å². The van der Waals surface area contributed by atoms with Gasteiger partial charge in [0.2, 0.25) is 5.91 Å². The summed E-state index contributed by atoms with van der Waals surface area (Å²) in [6.45, 7) is 4.42. The number of rotatable bonds is 11. The van der Waals surface area contributed by atoms with Gasteiger partial charge in [0.05, 0.1) is 24.0 Å². The van der Waals surface area contributed by atoms with Crippen LogP contribution in [0.5, 0.6) is 5.75 Å². The lowest BCUT2D eigenvalue weighted by atomic mass is 10.0. The van der Waals surface area contributed by atoms with Gasteiger partial charge in [0, 0.05) is 54.6 Å². The zero-order valence-electron chi connectivity index (χ0n) is 22.3. The first-order chi connectivity index (χ1) is 17.9. The summed E-state index contributed by atoms with van der Waals surface area (Å²) in [5.74, 6) is 0.904. The van der Waals surface area contributed by atoms with Gasteiger partial charge in [-0.15, -0.1) is 11.8 Å². The first kappa shape index (κ1) is 26.7. The van der Waals surface area contributed by atoms with Crippen molar-refractivity contribution in [2.75, 3.05) is 40.6 Å². The molecule has 0 atom stereocenters. The largest absolute Gasteiger partial charge is 0.497 e. The van der Waals surface area contributed by atoms with Gasteiger partial charge in [-0.3, -0.25) is 9.48 Å². The molecule has 0 saturated carbocycles. The van der Waals surface area contributed by atoms with Gasteiger partial charge in [0.1, 0.15) is 5.75 Å². The molecule has 0 N–H and O–H groups in total. The molecule has 4 rings (SSSR count). The van der Waals surface area contributed by atoms with Crippen LogP contribution in [0.1, 0.15) is 17.7 Å². The third kappa shape index (κ3) is 6.90. The normalized spacial score (nSPS) is 11.3. The average molecular weight is 518 g/mol. The van der Waals surface area contributed by atoms with Gasteiger partial charge in [-0.1, -0.05) is 6.07 Å². The van der Waals surface area contributed by atoms with Crippen molar-refractivity contribution in [2.45, 2.75) is 31.3 Å². The Morgan fingerprint density at radius 2 is 1.84 bits per heavy atom. The summed E-state index contributed by atoms with van der Waals surface area (Å²) in [7, 11) is 5.72. The molecule has 0 fully saturated rings. The van der Waals surface area contributed by atoms with Crippen LogP contribution < -0.4 is 4.74 Å². The van der Waals surface area contributed by atoms with Crippen molar-refractivity contribution in [1.29, 1.82) is 0 Å². The SMILES string of the molecule is COc1ccc(-c2nc3cc(SC)ccc3cc2CN(CCN(C)C)C(=O)CCn2ccc(C)n2)cc1. The molecule has 8 heteroatoms. The number of likely N-dealkylation sites (N-methyl/N-ethyl adjacent to an activating group) is 1. The molecule has 1 amide bonds. The molecule has 0 unspecified atom stereocenters. The van der Waals surface area contributed by atoms with E-state index in [9.17, 15) is 4.79 Å². The summed E-state index contributed by atoms with van der Waals surface area (Å²) in [5, 5.41) is 5.50. The smallest absolute Gasteiger partial charge is 0.224 e. The fourth-order valence-corrected chi connectivity index (χ4v) is 4.64. The topological polar surface area (TPSA) is 63.5 Å². The van der Waals surface area contributed by atoms with Crippen LogP contribution in [-0.4, -0.2) is 71.0 Å². The average Bonchev–Trinajstić information content (AvgIpc) is 3.33. The Morgan fingerprint density at radius 3 is 2.49 bits per heavy atom. The van der Waals surface area contributed by atoms with E-state index in [-0.39, 0.29) is 5.91 Å². The predicted molar refractivity (Wildman–Crippen MR) is 151 cm³/mol. The molecule has 0 aliphatic heterocycles. The highest BCUT2D eigenvalue weighted by molar-refractivity contribution is 7.98. The monoisotopic (exact) mass is 517 g/mol. The zero-order valence-corrected chi connectivity index (χ0v) is 23.1. The molecule has 0 saturated heterocycles. The van der Waals surface area contributed by atoms with E-state index in [0.717, 1.165) is 45.7 Å². The van der Waals surface area contributed by atoms with Crippen LogP contribution in [0.3, 0.4) is 0 Å². The van der Waals surface area contributed by atoms with Crippen molar-refractivity contribution in [3.8, 4) is 17.0 Å². The Morgan fingerprint density at radius 1 is 1.05 bits per heavy atom. The van der Waals surface area contributed by atoms with E-state index in [1.54, 1.807) is 18.9 Å². The Hall–Kier alpha value is -3.36. The van der Waals surface area contributed by atoms with Gasteiger partial charge in [-0.05, 0) is 81.4 Å². The summed E-state index contributed by atoms with van der Waals surface area (Å²) >= 11 is 1.70. The summed E-state index contributed by atoms with van der Waals surface area (Å²) in [6, 6.07) is 18.4. The van der Waals surface area contributed by atoms with Crippen LogP contribution in [0.15, 0.2) is 65.7 Å². The van der Waals surface area contributed by atoms with Crippen LogP contribution in [-0.2, 0) is 17.9 Å². The van der Waals surface area contributed by atoms with E-state index in [1.807, 2.05) is 67.1 Å². The molecule has 0 bridgehead atoms. The second-order valence-corrected chi connectivity index (χ2v) is 10.3. The molecule has 37 heavy (non-hydrogen) atoms. The number of carbonyl (C=O) groups excluding carboxylic acids is 1. The van der Waals surface area contributed by atoms with E-state index in [0.29, 0.717) is 26.1 Å². The number of nitrogens with zero attached hydrogens (tertiary/aromatic N) is 5. The van der Waals surface area contributed by atoms with Crippen LogP contribution in [0.4, 0.5) is 0 Å². The van der Waals surface area contributed by atoms with Crippen molar-refractivity contribution >= 4 is 28.6 Å². The highest BCUT2D eigenvalue weighted by atomic mass is 32.2. The summed E-state index contributed by atoms with van der Waals surface area (Å²) in [4.78, 5) is 23.8. The third-order valence-electron chi connectivity index (χ3n) is 6.33. The molecule has 0 aliphatic rings. The second kappa shape index (κ2) is 12.3. The molecular weight excluding hydrogens is 482 g/mol. The third-order valence-corrected chi connectivity index (χ3v) is 7.05. The number of hydrogen-bond acceptors (Lipinski definition) is 6. The standard InChI is InChI=1S/C29H35N5O2S/c1-21-12-14-34(31-21)15-13-28(35)33(17-16-32(2)3)20-24-18-23-8-11-26(37-5)19-27(23)30-29(24)22-6-9-25(36-4)10-7-22/h6-12,14,18-19H,13,15-17,20H2,1-5H3. The molecule has 2 heterocycles. The summed E-state index contributed by atoms with van der Waals surface area (Å²) < 4.78 is 7.20. The summed E-state index contributed by atoms with van der Waals surface area (Å²) in [5.41, 5.74) is 4.81. The number of carbonyl (C=O) groups is 1. The minimum Gasteiger partial charge on any atom is -0.497 e. The fraction of sp³-hybridized carbons (Fsp3) is 0.345. The maximum atomic E-state index is 13.4. The maximum Gasteiger partial charge on any atom is 0.224 e. The van der Waals surface area contributed by atoms with Crippen molar-refractivity contribution in [2.24, 2.45) is 0 Å². The number of fused-ring (bicyclic) bond motifs is 1. The van der Waals surface area contributed by atoms with Crippen molar-refractivity contribution in [1.82, 2.24) is 24.6 Å². The van der Waals surface area contributed by atoms with Gasteiger partial charge < -0.3 is 14.5 Å². The fourth-order valence-electron chi connectivity index (χ4n) is 4.21. The number of aromatic nitrogens is 3. The number of ether oxygens (including phenoxy) is 1. The molecule has 0 radical (unpaired) electrons. The first-order valence-electron chi connectivity index (χ1n) is 12.4. The van der Waals surface area contributed by atoms with Crippen molar-refractivity contribution in [3.05, 3.63) is 72.1 Å². The molecule has 0 spiro atoms. The Bertz CT molecular complexity index is 1350. The van der Waals surface area contributed by atoms with E-state index >= 15 is 0 Å². The second-order valence-electron chi connectivity index (χ2n) is 9.37. The molecule has 7 nitrogen and oxygen atoms in total. The Kier molecular flexibility index (Phi) is 8.84. The van der Waals surface area contributed by atoms with Gasteiger partial charge in [-0.25, -0.2) is 4.98 Å². The minimum atomic E-state index is 0.105. The summed E-state index contributed by atoms with van der Waals surface area (Å²) in [6.07, 6.45) is 4.38. The number of thioether (sulfide) groups is 1. The maximum absolute atomic E-state index is 13.4. The zero-order chi connectivity index (χ0) is 26.4. The number of methoxy groups -OCH3 is 1. The number of amides is 1. The van der Waals surface area contributed by atoms with Crippen LogP contribution in [0, 0.1) is 6.92 Å². The predicted octanol–water partition coefficient (Wildman–Crippen LogP) is 5.12. The van der Waals surface area contributed by atoms with E-state index in [4.69, 9.17) is 9.72 Å². The number of aryl methyl sites for hydroxylation is 2. The van der Waals surface area contributed by atoms with Crippen LogP contribution >= 0.6 is 11.8 Å². The van der Waals surface area contributed by atoms with E-state index in [1.165, 1.54) is 4.90 Å². The number of pyridine rings is 1. The highest BCUT2D eigenvalue weighted by Crippen LogP contribution is 2.30. The van der Waals surface area contributed by atoms with Crippen LogP contribution in [0.2, 0.25) is 0 Å². The van der Waals surface area contributed by atoms with Gasteiger partial charge >= 0.3 is 0 Å². The van der Waals surface area contributed by atoms with E-state index < -0.39 is 0 Å². The molecule has 0 aliphatic carbocycles. The van der Waals surface area contributed by atoms with Crippen molar-refractivity contribution < 1.29 is 9.53 Å². The molecular formula is C29H35N5O2S. The Balaban J connectivity index is 1.69. The quantitative estimate of drug-likeness (QED) is 0.258. The van der Waals surface area contributed by atoms with Crippen molar-refractivity contribution in [3.63, 3.8) is 0 Å². The van der Waals surface area contributed by atoms with Crippen LogP contribution in [0.25, 0.3) is 22.2 Å². The van der Waals surface area contributed by atoms with Gasteiger partial charge in [0.15, 0.2) is 0 Å². The van der Waals surface area contributed by atoms with E-state index in [2.05, 4.69) is 40.5 Å². The number of hydrogen-bond donors (Lipinski definition) is 0. The highest BCUT2D eigenvalue weighted by Gasteiger charge is 2.19. The lowest BCUT2D eigenvalue weighted by molar-refractivity contribution is -0.132.